The fourth-order valence-corrected chi connectivity index (χ4v) is 3.01. The predicted molar refractivity (Wildman–Crippen MR) is 100 cm³/mol. The number of hydrogen-bond acceptors (Lipinski definition) is 2. The summed E-state index contributed by atoms with van der Waals surface area (Å²) in [5.41, 5.74) is 2.24. The van der Waals surface area contributed by atoms with Crippen LogP contribution in [-0.4, -0.2) is 17.4 Å². The molecule has 0 aliphatic heterocycles. The molecule has 0 radical (unpaired) electrons. The maximum Gasteiger partial charge on any atom is 0.170 e. The second-order valence-electron chi connectivity index (χ2n) is 4.55. The van der Waals surface area contributed by atoms with E-state index >= 15 is 0 Å². The van der Waals surface area contributed by atoms with Gasteiger partial charge in [0.25, 0.3) is 0 Å². The largest absolute Gasteiger partial charge is 0.362 e. The van der Waals surface area contributed by atoms with E-state index in [1.54, 1.807) is 0 Å². The SMILES string of the molecule is Cc1cccc(NC(=S)NCCSc2ccc(Br)cc2)c1. The fourth-order valence-electron chi connectivity index (χ4n) is 1.76. The second kappa shape index (κ2) is 8.41. The smallest absolute Gasteiger partial charge is 0.170 e. The summed E-state index contributed by atoms with van der Waals surface area (Å²) >= 11 is 10.5. The molecule has 0 spiro atoms. The average Bonchev–Trinajstić information content (AvgIpc) is 2.45. The Balaban J connectivity index is 1.68. The second-order valence-corrected chi connectivity index (χ2v) is 7.05. The third kappa shape index (κ3) is 6.08. The van der Waals surface area contributed by atoms with Gasteiger partial charge >= 0.3 is 0 Å². The van der Waals surface area contributed by atoms with Crippen LogP contribution < -0.4 is 10.6 Å². The molecule has 2 aromatic rings. The summed E-state index contributed by atoms with van der Waals surface area (Å²) in [6.45, 7) is 2.90. The van der Waals surface area contributed by atoms with E-state index < -0.39 is 0 Å². The van der Waals surface area contributed by atoms with Gasteiger partial charge in [-0.15, -0.1) is 11.8 Å². The Kier molecular flexibility index (Phi) is 6.54. The van der Waals surface area contributed by atoms with Crippen LogP contribution in [0.15, 0.2) is 57.9 Å². The van der Waals surface area contributed by atoms with Crippen LogP contribution in [0.4, 0.5) is 5.69 Å². The standard InChI is InChI=1S/C16H17BrN2S2/c1-12-3-2-4-14(11-12)19-16(20)18-9-10-21-15-7-5-13(17)6-8-15/h2-8,11H,9-10H2,1H3,(H2,18,19,20). The van der Waals surface area contributed by atoms with Gasteiger partial charge in [0.15, 0.2) is 5.11 Å². The van der Waals surface area contributed by atoms with Crippen LogP contribution in [0.3, 0.4) is 0 Å². The number of thiocarbonyl (C=S) groups is 1. The molecular formula is C16H17BrN2S2. The predicted octanol–water partition coefficient (Wildman–Crippen LogP) is 4.84. The molecule has 2 aromatic carbocycles. The van der Waals surface area contributed by atoms with E-state index in [-0.39, 0.29) is 0 Å². The number of halogens is 1. The molecule has 2 N–H and O–H groups in total. The number of rotatable bonds is 5. The van der Waals surface area contributed by atoms with Gasteiger partial charge in [-0.05, 0) is 61.1 Å². The highest BCUT2D eigenvalue weighted by molar-refractivity contribution is 9.10. The average molecular weight is 381 g/mol. The number of hydrogen-bond donors (Lipinski definition) is 2. The molecule has 0 aromatic heterocycles. The molecule has 2 nitrogen and oxygen atoms in total. The number of nitrogens with one attached hydrogen (secondary N) is 2. The van der Waals surface area contributed by atoms with Crippen LogP contribution in [0.1, 0.15) is 5.56 Å². The Morgan fingerprint density at radius 2 is 1.95 bits per heavy atom. The molecule has 0 bridgehead atoms. The summed E-state index contributed by atoms with van der Waals surface area (Å²) in [6, 6.07) is 16.5. The Labute approximate surface area is 143 Å². The minimum absolute atomic E-state index is 0.664. The van der Waals surface area contributed by atoms with Gasteiger partial charge in [-0.1, -0.05) is 28.1 Å². The lowest BCUT2D eigenvalue weighted by Gasteiger charge is -2.10. The van der Waals surface area contributed by atoms with Crippen molar-refractivity contribution in [1.82, 2.24) is 5.32 Å². The van der Waals surface area contributed by atoms with Crippen LogP contribution in [0.25, 0.3) is 0 Å². The van der Waals surface area contributed by atoms with Gasteiger partial charge < -0.3 is 10.6 Å². The minimum Gasteiger partial charge on any atom is -0.362 e. The first-order chi connectivity index (χ1) is 10.1. The highest BCUT2D eigenvalue weighted by atomic mass is 79.9. The zero-order valence-electron chi connectivity index (χ0n) is 11.7. The minimum atomic E-state index is 0.664. The van der Waals surface area contributed by atoms with Gasteiger partial charge in [0.2, 0.25) is 0 Å². The lowest BCUT2D eigenvalue weighted by molar-refractivity contribution is 0.990. The van der Waals surface area contributed by atoms with E-state index in [4.69, 9.17) is 12.2 Å². The molecule has 2 rings (SSSR count). The van der Waals surface area contributed by atoms with Gasteiger partial charge in [0.1, 0.15) is 0 Å². The van der Waals surface area contributed by atoms with E-state index in [1.165, 1.54) is 10.5 Å². The Hall–Kier alpha value is -1.04. The van der Waals surface area contributed by atoms with Crippen molar-refractivity contribution >= 4 is 50.7 Å². The van der Waals surface area contributed by atoms with Gasteiger partial charge in [-0.3, -0.25) is 0 Å². The third-order valence-electron chi connectivity index (χ3n) is 2.75. The lowest BCUT2D eigenvalue weighted by atomic mass is 10.2. The van der Waals surface area contributed by atoms with Crippen molar-refractivity contribution in [1.29, 1.82) is 0 Å². The summed E-state index contributed by atoms with van der Waals surface area (Å²) < 4.78 is 1.11. The first-order valence-corrected chi connectivity index (χ1v) is 8.82. The van der Waals surface area contributed by atoms with Crippen LogP contribution in [0, 0.1) is 6.92 Å². The van der Waals surface area contributed by atoms with Crippen molar-refractivity contribution < 1.29 is 0 Å². The molecule has 0 amide bonds. The Bertz CT molecular complexity index is 599. The summed E-state index contributed by atoms with van der Waals surface area (Å²) in [5.74, 6) is 0.970. The molecule has 0 aliphatic rings. The molecule has 0 heterocycles. The van der Waals surface area contributed by atoms with E-state index in [0.29, 0.717) is 5.11 Å². The van der Waals surface area contributed by atoms with Crippen LogP contribution in [-0.2, 0) is 0 Å². The summed E-state index contributed by atoms with van der Waals surface area (Å²) in [6.07, 6.45) is 0. The first-order valence-electron chi connectivity index (χ1n) is 6.63. The number of benzene rings is 2. The van der Waals surface area contributed by atoms with Gasteiger partial charge in [-0.2, -0.15) is 0 Å². The Morgan fingerprint density at radius 1 is 1.19 bits per heavy atom. The van der Waals surface area contributed by atoms with Crippen molar-refractivity contribution in [3.63, 3.8) is 0 Å². The number of aryl methyl sites for hydroxylation is 1. The zero-order chi connectivity index (χ0) is 15.1. The van der Waals surface area contributed by atoms with E-state index in [2.05, 4.69) is 69.9 Å². The van der Waals surface area contributed by atoms with E-state index in [1.807, 2.05) is 23.9 Å². The monoisotopic (exact) mass is 380 g/mol. The van der Waals surface area contributed by atoms with Crippen molar-refractivity contribution in [3.05, 3.63) is 58.6 Å². The molecule has 0 aliphatic carbocycles. The van der Waals surface area contributed by atoms with Crippen molar-refractivity contribution in [2.75, 3.05) is 17.6 Å². The fraction of sp³-hybridized carbons (Fsp3) is 0.188. The van der Waals surface area contributed by atoms with Crippen molar-refractivity contribution in [3.8, 4) is 0 Å². The number of thioether (sulfide) groups is 1. The summed E-state index contributed by atoms with van der Waals surface area (Å²) in [4.78, 5) is 1.26. The number of anilines is 1. The van der Waals surface area contributed by atoms with Crippen molar-refractivity contribution in [2.45, 2.75) is 11.8 Å². The molecule has 110 valence electrons. The Morgan fingerprint density at radius 3 is 2.67 bits per heavy atom. The molecular weight excluding hydrogens is 364 g/mol. The molecule has 0 saturated carbocycles. The van der Waals surface area contributed by atoms with Crippen LogP contribution in [0.2, 0.25) is 0 Å². The lowest BCUT2D eigenvalue weighted by Crippen LogP contribution is -2.30. The molecule has 21 heavy (non-hydrogen) atoms. The van der Waals surface area contributed by atoms with Gasteiger partial charge in [0, 0.05) is 27.4 Å². The molecule has 5 heteroatoms. The molecule has 0 atom stereocenters. The normalized spacial score (nSPS) is 10.2. The maximum atomic E-state index is 5.29. The summed E-state index contributed by atoms with van der Waals surface area (Å²) in [7, 11) is 0. The van der Waals surface area contributed by atoms with E-state index in [0.717, 1.165) is 22.5 Å². The summed E-state index contributed by atoms with van der Waals surface area (Å²) in [5, 5.41) is 7.08. The highest BCUT2D eigenvalue weighted by Gasteiger charge is 1.98. The topological polar surface area (TPSA) is 24.1 Å². The van der Waals surface area contributed by atoms with Crippen LogP contribution >= 0.6 is 39.9 Å². The molecule has 0 fully saturated rings. The quantitative estimate of drug-likeness (QED) is 0.440. The molecule has 0 unspecified atom stereocenters. The van der Waals surface area contributed by atoms with Crippen LogP contribution in [0.5, 0.6) is 0 Å². The first kappa shape index (κ1) is 16.3. The van der Waals surface area contributed by atoms with Crippen molar-refractivity contribution in [2.24, 2.45) is 0 Å². The zero-order valence-corrected chi connectivity index (χ0v) is 14.9. The van der Waals surface area contributed by atoms with Gasteiger partial charge in [0.05, 0.1) is 0 Å². The third-order valence-corrected chi connectivity index (χ3v) is 4.53. The molecule has 0 saturated heterocycles. The van der Waals surface area contributed by atoms with Gasteiger partial charge in [-0.25, -0.2) is 0 Å². The van der Waals surface area contributed by atoms with E-state index in [9.17, 15) is 0 Å². The highest BCUT2D eigenvalue weighted by Crippen LogP contribution is 2.19. The maximum absolute atomic E-state index is 5.29.